The SMILES string of the molecule is CC(OP(=O)(N1CC1)N1CC1)c1ccc([N+](=O)[O-])c(N2CCC(c3ccccc3)CC2)c1. The zero-order valence-electron chi connectivity index (χ0n) is 18.3. The Morgan fingerprint density at radius 2 is 1.62 bits per heavy atom. The van der Waals surface area contributed by atoms with Gasteiger partial charge in [-0.3, -0.25) is 19.2 Å². The molecule has 3 saturated heterocycles. The van der Waals surface area contributed by atoms with Crippen LogP contribution in [0.5, 0.6) is 0 Å². The summed E-state index contributed by atoms with van der Waals surface area (Å²) in [4.78, 5) is 13.5. The molecule has 8 nitrogen and oxygen atoms in total. The van der Waals surface area contributed by atoms with Gasteiger partial charge in [0.2, 0.25) is 0 Å². The van der Waals surface area contributed by atoms with Crippen molar-refractivity contribution in [3.8, 4) is 0 Å². The van der Waals surface area contributed by atoms with E-state index in [9.17, 15) is 14.7 Å². The van der Waals surface area contributed by atoms with Gasteiger partial charge >= 0.3 is 7.67 Å². The van der Waals surface area contributed by atoms with Crippen LogP contribution in [-0.4, -0.2) is 53.5 Å². The Hall–Kier alpha value is -2.25. The first-order valence-corrected chi connectivity index (χ1v) is 12.9. The first kappa shape index (κ1) is 21.6. The number of nitro groups is 1. The van der Waals surface area contributed by atoms with Gasteiger partial charge in [0.1, 0.15) is 5.69 Å². The third-order valence-corrected chi connectivity index (χ3v) is 9.45. The molecule has 0 N–H and O–H groups in total. The highest BCUT2D eigenvalue weighted by atomic mass is 31.2. The minimum Gasteiger partial charge on any atom is -0.366 e. The van der Waals surface area contributed by atoms with Crippen molar-refractivity contribution in [3.63, 3.8) is 0 Å². The van der Waals surface area contributed by atoms with Crippen LogP contribution in [-0.2, 0) is 9.09 Å². The Morgan fingerprint density at radius 1 is 1.00 bits per heavy atom. The number of rotatable bonds is 8. The molecule has 2 aromatic rings. The average Bonchev–Trinajstić information content (AvgIpc) is 3.72. The van der Waals surface area contributed by atoms with E-state index in [1.165, 1.54) is 5.56 Å². The Balaban J connectivity index is 1.34. The molecule has 0 amide bonds. The van der Waals surface area contributed by atoms with Crippen LogP contribution in [0.3, 0.4) is 0 Å². The van der Waals surface area contributed by atoms with Gasteiger partial charge in [-0.2, -0.15) is 0 Å². The van der Waals surface area contributed by atoms with Crippen LogP contribution in [0.1, 0.15) is 42.9 Å². The molecular weight excluding hydrogens is 427 g/mol. The molecule has 2 aromatic carbocycles. The summed E-state index contributed by atoms with van der Waals surface area (Å²) in [6, 6.07) is 15.6. The molecule has 1 atom stereocenters. The molecule has 3 heterocycles. The van der Waals surface area contributed by atoms with E-state index in [2.05, 4.69) is 29.2 Å². The standard InChI is InChI=1S/C23H29N4O4P/c1-18(31-32(30,25-13-14-25)26-15-16-26)21-7-8-22(27(28)29)23(17-21)24-11-9-20(10-12-24)19-5-3-2-4-6-19/h2-8,17-18,20H,9-16H2,1H3. The molecule has 9 heteroatoms. The van der Waals surface area contributed by atoms with Crippen LogP contribution in [0, 0.1) is 10.1 Å². The highest BCUT2D eigenvalue weighted by Gasteiger charge is 2.50. The summed E-state index contributed by atoms with van der Waals surface area (Å²) in [5.41, 5.74) is 2.89. The Bertz CT molecular complexity index is 1020. The number of nitro benzene ring substituents is 1. The zero-order chi connectivity index (χ0) is 22.3. The number of hydrogen-bond acceptors (Lipinski definition) is 5. The molecule has 0 aliphatic carbocycles. The maximum absolute atomic E-state index is 13.4. The normalized spacial score (nSPS) is 20.8. The molecule has 170 valence electrons. The molecule has 0 spiro atoms. The van der Waals surface area contributed by atoms with Crippen LogP contribution < -0.4 is 4.90 Å². The predicted octanol–water partition coefficient (Wildman–Crippen LogP) is 4.80. The molecule has 3 aliphatic heterocycles. The van der Waals surface area contributed by atoms with E-state index < -0.39 is 13.8 Å². The van der Waals surface area contributed by atoms with Gasteiger partial charge in [-0.05, 0) is 48.9 Å². The lowest BCUT2D eigenvalue weighted by atomic mass is 9.89. The lowest BCUT2D eigenvalue weighted by Gasteiger charge is -2.34. The monoisotopic (exact) mass is 456 g/mol. The first-order chi connectivity index (χ1) is 15.5. The summed E-state index contributed by atoms with van der Waals surface area (Å²) < 4.78 is 23.2. The molecule has 32 heavy (non-hydrogen) atoms. The number of nitrogens with zero attached hydrogens (tertiary/aromatic N) is 4. The predicted molar refractivity (Wildman–Crippen MR) is 124 cm³/mol. The lowest BCUT2D eigenvalue weighted by molar-refractivity contribution is -0.384. The molecule has 1 unspecified atom stereocenters. The number of benzene rings is 2. The maximum atomic E-state index is 13.4. The van der Waals surface area contributed by atoms with Crippen molar-refractivity contribution in [2.75, 3.05) is 44.2 Å². The molecule has 0 radical (unpaired) electrons. The van der Waals surface area contributed by atoms with Crippen LogP contribution in [0.4, 0.5) is 11.4 Å². The fourth-order valence-electron chi connectivity index (χ4n) is 4.55. The molecule has 0 bridgehead atoms. The van der Waals surface area contributed by atoms with E-state index in [1.807, 2.05) is 28.4 Å². The number of hydrogen-bond donors (Lipinski definition) is 0. The second-order valence-electron chi connectivity index (χ2n) is 8.82. The molecule has 0 saturated carbocycles. The van der Waals surface area contributed by atoms with Gasteiger partial charge in [-0.25, -0.2) is 9.34 Å². The maximum Gasteiger partial charge on any atom is 0.346 e. The quantitative estimate of drug-likeness (QED) is 0.244. The molecule has 3 aliphatic rings. The van der Waals surface area contributed by atoms with Gasteiger partial charge in [-0.15, -0.1) is 0 Å². The lowest BCUT2D eigenvalue weighted by Crippen LogP contribution is -2.33. The third-order valence-electron chi connectivity index (χ3n) is 6.63. The van der Waals surface area contributed by atoms with Crippen LogP contribution in [0.2, 0.25) is 0 Å². The van der Waals surface area contributed by atoms with Crippen molar-refractivity contribution >= 4 is 19.0 Å². The fourth-order valence-corrected chi connectivity index (χ4v) is 6.90. The average molecular weight is 456 g/mol. The van der Waals surface area contributed by atoms with E-state index in [4.69, 9.17) is 4.52 Å². The largest absolute Gasteiger partial charge is 0.366 e. The first-order valence-electron chi connectivity index (χ1n) is 11.3. The van der Waals surface area contributed by atoms with Crippen LogP contribution >= 0.6 is 7.67 Å². The fraction of sp³-hybridized carbons (Fsp3) is 0.478. The van der Waals surface area contributed by atoms with Gasteiger partial charge < -0.3 is 4.90 Å². The highest BCUT2D eigenvalue weighted by molar-refractivity contribution is 7.54. The van der Waals surface area contributed by atoms with Crippen molar-refractivity contribution in [1.82, 2.24) is 9.34 Å². The summed E-state index contributed by atoms with van der Waals surface area (Å²) in [5.74, 6) is 0.475. The van der Waals surface area contributed by atoms with E-state index in [0.29, 0.717) is 11.6 Å². The van der Waals surface area contributed by atoms with Gasteiger partial charge in [0, 0.05) is 45.3 Å². The highest BCUT2D eigenvalue weighted by Crippen LogP contribution is 2.63. The summed E-state index contributed by atoms with van der Waals surface area (Å²) in [6.07, 6.45) is 1.50. The summed E-state index contributed by atoms with van der Waals surface area (Å²) >= 11 is 0. The van der Waals surface area contributed by atoms with Crippen molar-refractivity contribution in [2.45, 2.75) is 31.8 Å². The van der Waals surface area contributed by atoms with Crippen molar-refractivity contribution in [2.24, 2.45) is 0 Å². The molecule has 5 rings (SSSR count). The summed E-state index contributed by atoms with van der Waals surface area (Å²) in [7, 11) is -2.96. The van der Waals surface area contributed by atoms with Crippen LogP contribution in [0.15, 0.2) is 48.5 Å². The summed E-state index contributed by atoms with van der Waals surface area (Å²) in [5, 5.41) is 11.7. The van der Waals surface area contributed by atoms with E-state index in [1.54, 1.807) is 12.1 Å². The second-order valence-corrected chi connectivity index (χ2v) is 11.1. The van der Waals surface area contributed by atoms with E-state index >= 15 is 0 Å². The molecule has 0 aromatic heterocycles. The summed E-state index contributed by atoms with van der Waals surface area (Å²) in [6.45, 7) is 6.58. The van der Waals surface area contributed by atoms with Gasteiger partial charge in [0.15, 0.2) is 0 Å². The topological polar surface area (TPSA) is 78.7 Å². The van der Waals surface area contributed by atoms with Gasteiger partial charge in [-0.1, -0.05) is 30.3 Å². The van der Waals surface area contributed by atoms with Gasteiger partial charge in [0.05, 0.1) is 11.0 Å². The Morgan fingerprint density at radius 3 is 2.19 bits per heavy atom. The van der Waals surface area contributed by atoms with Crippen molar-refractivity contribution in [3.05, 3.63) is 69.8 Å². The van der Waals surface area contributed by atoms with E-state index in [-0.39, 0.29) is 10.6 Å². The van der Waals surface area contributed by atoms with Crippen molar-refractivity contribution in [1.29, 1.82) is 0 Å². The third kappa shape index (κ3) is 4.33. The second kappa shape index (κ2) is 8.60. The zero-order valence-corrected chi connectivity index (χ0v) is 19.2. The van der Waals surface area contributed by atoms with Gasteiger partial charge in [0.25, 0.3) is 5.69 Å². The minimum atomic E-state index is -2.96. The van der Waals surface area contributed by atoms with Crippen molar-refractivity contribution < 1.29 is 14.0 Å². The van der Waals surface area contributed by atoms with Crippen LogP contribution in [0.25, 0.3) is 0 Å². The smallest absolute Gasteiger partial charge is 0.346 e. The number of piperidine rings is 1. The van der Waals surface area contributed by atoms with E-state index in [0.717, 1.165) is 57.7 Å². The molecular formula is C23H29N4O4P. The minimum absolute atomic E-state index is 0.110. The Labute approximate surface area is 188 Å². The molecule has 3 fully saturated rings. The Kier molecular flexibility index (Phi) is 5.80. The number of anilines is 1.